The van der Waals surface area contributed by atoms with Crippen molar-refractivity contribution in [3.63, 3.8) is 0 Å². The summed E-state index contributed by atoms with van der Waals surface area (Å²) in [4.78, 5) is 23.9. The minimum absolute atomic E-state index is 0.103. The van der Waals surface area contributed by atoms with Gasteiger partial charge >= 0.3 is 0 Å². The highest BCUT2D eigenvalue weighted by molar-refractivity contribution is 6.30. The second-order valence-corrected chi connectivity index (χ2v) is 6.83. The second-order valence-electron chi connectivity index (χ2n) is 6.40. The zero-order chi connectivity index (χ0) is 17.2. The molecule has 0 aliphatic carbocycles. The van der Waals surface area contributed by atoms with Crippen molar-refractivity contribution >= 4 is 17.2 Å². The summed E-state index contributed by atoms with van der Waals surface area (Å²) >= 11 is 5.97. The first kappa shape index (κ1) is 16.2. The minimum atomic E-state index is -0.103. The van der Waals surface area contributed by atoms with E-state index in [1.807, 2.05) is 18.3 Å². The highest BCUT2D eigenvalue weighted by Crippen LogP contribution is 2.30. The molecule has 0 bridgehead atoms. The van der Waals surface area contributed by atoms with Crippen molar-refractivity contribution in [2.24, 2.45) is 0 Å². The molecule has 0 amide bonds. The third-order valence-electron chi connectivity index (χ3n) is 4.68. The van der Waals surface area contributed by atoms with Crippen LogP contribution in [0.25, 0.3) is 5.65 Å². The molecule has 1 saturated heterocycles. The summed E-state index contributed by atoms with van der Waals surface area (Å²) in [6.07, 6.45) is 6.88. The molecule has 3 aromatic heterocycles. The molecule has 5 nitrogen and oxygen atoms in total. The Kier molecular flexibility index (Phi) is 4.51. The molecule has 1 fully saturated rings. The fraction of sp³-hybridized carbons (Fsp3) is 0.316. The fourth-order valence-electron chi connectivity index (χ4n) is 3.50. The predicted octanol–water partition coefficient (Wildman–Crippen LogP) is 3.47. The van der Waals surface area contributed by atoms with Gasteiger partial charge in [0.2, 0.25) is 0 Å². The first-order valence-corrected chi connectivity index (χ1v) is 8.91. The number of rotatable bonds is 3. The van der Waals surface area contributed by atoms with Crippen LogP contribution < -0.4 is 5.56 Å². The van der Waals surface area contributed by atoms with Crippen LogP contribution in [0.4, 0.5) is 0 Å². The number of hydrogen-bond donors (Lipinski definition) is 0. The Morgan fingerprint density at radius 2 is 2.12 bits per heavy atom. The van der Waals surface area contributed by atoms with E-state index in [1.54, 1.807) is 24.4 Å². The van der Waals surface area contributed by atoms with Gasteiger partial charge in [0.05, 0.1) is 22.5 Å². The van der Waals surface area contributed by atoms with Crippen molar-refractivity contribution in [2.45, 2.75) is 31.8 Å². The van der Waals surface area contributed by atoms with Gasteiger partial charge in [0, 0.05) is 25.0 Å². The Hall–Kier alpha value is -2.24. The Labute approximate surface area is 150 Å². The van der Waals surface area contributed by atoms with Crippen LogP contribution in [0.3, 0.4) is 0 Å². The number of likely N-dealkylation sites (tertiary alicyclic amines) is 1. The number of piperidine rings is 1. The Morgan fingerprint density at radius 3 is 2.96 bits per heavy atom. The molecule has 128 valence electrons. The van der Waals surface area contributed by atoms with Crippen LogP contribution in [0.15, 0.2) is 53.6 Å². The number of pyridine rings is 2. The highest BCUT2D eigenvalue weighted by Gasteiger charge is 2.25. The lowest BCUT2D eigenvalue weighted by atomic mass is 9.98. The van der Waals surface area contributed by atoms with E-state index in [9.17, 15) is 4.79 Å². The summed E-state index contributed by atoms with van der Waals surface area (Å²) in [5.74, 6) is 0. The van der Waals surface area contributed by atoms with Crippen LogP contribution in [0, 0.1) is 0 Å². The van der Waals surface area contributed by atoms with Gasteiger partial charge in [-0.25, -0.2) is 4.98 Å². The van der Waals surface area contributed by atoms with Crippen molar-refractivity contribution < 1.29 is 0 Å². The van der Waals surface area contributed by atoms with Gasteiger partial charge in [0.15, 0.2) is 0 Å². The predicted molar refractivity (Wildman–Crippen MR) is 97.7 cm³/mol. The van der Waals surface area contributed by atoms with Crippen LogP contribution in [-0.4, -0.2) is 25.8 Å². The number of nitrogens with zero attached hydrogens (tertiary/aromatic N) is 4. The molecule has 6 heteroatoms. The third-order valence-corrected chi connectivity index (χ3v) is 4.91. The molecule has 4 heterocycles. The average molecular weight is 355 g/mol. The lowest BCUT2D eigenvalue weighted by Gasteiger charge is -2.35. The summed E-state index contributed by atoms with van der Waals surface area (Å²) in [6.45, 7) is 1.64. The Bertz CT molecular complexity index is 941. The highest BCUT2D eigenvalue weighted by atomic mass is 35.5. The molecule has 3 aromatic rings. The topological polar surface area (TPSA) is 50.5 Å². The SMILES string of the molecule is O=c1cc(CN2CCCCC2c2ccccn2)nc2ccc(Cl)cn12. The first-order valence-electron chi connectivity index (χ1n) is 8.53. The monoisotopic (exact) mass is 354 g/mol. The van der Waals surface area contributed by atoms with Gasteiger partial charge in [-0.05, 0) is 43.7 Å². The first-order chi connectivity index (χ1) is 12.2. The summed E-state index contributed by atoms with van der Waals surface area (Å²) in [5, 5.41) is 0.524. The van der Waals surface area contributed by atoms with Gasteiger partial charge in [0.25, 0.3) is 5.56 Å². The van der Waals surface area contributed by atoms with Gasteiger partial charge in [-0.2, -0.15) is 0 Å². The molecule has 1 atom stereocenters. The molecule has 0 N–H and O–H groups in total. The number of hydrogen-bond acceptors (Lipinski definition) is 4. The Balaban J connectivity index is 1.65. The second kappa shape index (κ2) is 6.94. The maximum atomic E-state index is 12.4. The molecular weight excluding hydrogens is 336 g/mol. The van der Waals surface area contributed by atoms with Crippen LogP contribution in [-0.2, 0) is 6.54 Å². The number of aromatic nitrogens is 3. The summed E-state index contributed by atoms with van der Waals surface area (Å²) < 4.78 is 1.48. The molecule has 1 unspecified atom stereocenters. The summed E-state index contributed by atoms with van der Waals surface area (Å²) in [6, 6.07) is 11.5. The summed E-state index contributed by atoms with van der Waals surface area (Å²) in [5.41, 5.74) is 2.40. The van der Waals surface area contributed by atoms with Crippen LogP contribution in [0.1, 0.15) is 36.7 Å². The molecule has 0 spiro atoms. The molecule has 0 saturated carbocycles. The van der Waals surface area contributed by atoms with Crippen LogP contribution in [0.5, 0.6) is 0 Å². The Morgan fingerprint density at radius 1 is 1.20 bits per heavy atom. The summed E-state index contributed by atoms with van der Waals surface area (Å²) in [7, 11) is 0. The molecule has 4 rings (SSSR count). The fourth-order valence-corrected chi connectivity index (χ4v) is 3.66. The molecular formula is C19H19ClN4O. The number of fused-ring (bicyclic) bond motifs is 1. The lowest BCUT2D eigenvalue weighted by molar-refractivity contribution is 0.135. The van der Waals surface area contributed by atoms with Gasteiger partial charge in [0.1, 0.15) is 5.65 Å². The quantitative estimate of drug-likeness (QED) is 0.722. The van der Waals surface area contributed by atoms with Crippen LogP contribution >= 0.6 is 11.6 Å². The molecule has 0 aromatic carbocycles. The van der Waals surface area contributed by atoms with Gasteiger partial charge in [-0.1, -0.05) is 24.1 Å². The van der Waals surface area contributed by atoms with E-state index in [0.717, 1.165) is 30.8 Å². The van der Waals surface area contributed by atoms with Crippen molar-refractivity contribution in [2.75, 3.05) is 6.54 Å². The molecule has 1 aliphatic rings. The van der Waals surface area contributed by atoms with Crippen molar-refractivity contribution in [3.8, 4) is 0 Å². The van der Waals surface area contributed by atoms with E-state index in [-0.39, 0.29) is 11.6 Å². The van der Waals surface area contributed by atoms with E-state index >= 15 is 0 Å². The zero-order valence-corrected chi connectivity index (χ0v) is 14.6. The smallest absolute Gasteiger partial charge is 0.258 e. The minimum Gasteiger partial charge on any atom is -0.289 e. The number of halogens is 1. The average Bonchev–Trinajstić information content (AvgIpc) is 2.64. The van der Waals surface area contributed by atoms with E-state index in [4.69, 9.17) is 11.6 Å². The van der Waals surface area contributed by atoms with Crippen molar-refractivity contribution in [1.29, 1.82) is 0 Å². The maximum Gasteiger partial charge on any atom is 0.258 e. The van der Waals surface area contributed by atoms with E-state index < -0.39 is 0 Å². The third kappa shape index (κ3) is 3.43. The van der Waals surface area contributed by atoms with Crippen LogP contribution in [0.2, 0.25) is 5.02 Å². The van der Waals surface area contributed by atoms with E-state index in [2.05, 4.69) is 20.9 Å². The largest absolute Gasteiger partial charge is 0.289 e. The zero-order valence-electron chi connectivity index (χ0n) is 13.8. The molecule has 0 radical (unpaired) electrons. The normalized spacial score (nSPS) is 18.5. The lowest BCUT2D eigenvalue weighted by Crippen LogP contribution is -2.34. The van der Waals surface area contributed by atoms with E-state index in [0.29, 0.717) is 17.2 Å². The molecule has 25 heavy (non-hydrogen) atoms. The van der Waals surface area contributed by atoms with Gasteiger partial charge in [-0.15, -0.1) is 0 Å². The van der Waals surface area contributed by atoms with Crippen molar-refractivity contribution in [1.82, 2.24) is 19.3 Å². The standard InChI is InChI=1S/C19H19ClN4O/c20-14-7-8-18-22-15(11-19(25)24(18)12-14)13-23-10-4-2-6-17(23)16-5-1-3-9-21-16/h1,3,5,7-9,11-12,17H,2,4,6,10,13H2. The van der Waals surface area contributed by atoms with Gasteiger partial charge < -0.3 is 0 Å². The van der Waals surface area contributed by atoms with E-state index in [1.165, 1.54) is 10.8 Å². The maximum absolute atomic E-state index is 12.4. The van der Waals surface area contributed by atoms with Crippen molar-refractivity contribution in [3.05, 3.63) is 75.6 Å². The van der Waals surface area contributed by atoms with Gasteiger partial charge in [-0.3, -0.25) is 19.1 Å². The molecule has 1 aliphatic heterocycles.